The summed E-state index contributed by atoms with van der Waals surface area (Å²) in [7, 11) is 0. The van der Waals surface area contributed by atoms with Crippen LogP contribution in [0.2, 0.25) is 5.02 Å². The van der Waals surface area contributed by atoms with E-state index in [-0.39, 0.29) is 5.78 Å². The monoisotopic (exact) mass is 224 g/mol. The maximum absolute atomic E-state index is 11.0. The summed E-state index contributed by atoms with van der Waals surface area (Å²) in [6.07, 6.45) is 1.66. The Labute approximate surface area is 94.5 Å². The lowest BCUT2D eigenvalue weighted by Crippen LogP contribution is -2.01. The summed E-state index contributed by atoms with van der Waals surface area (Å²) in [5.74, 6) is 0.330. The van der Waals surface area contributed by atoms with Gasteiger partial charge in [-0.3, -0.25) is 4.79 Å². The molecule has 0 N–H and O–H groups in total. The molecular weight excluding hydrogens is 212 g/mol. The van der Waals surface area contributed by atoms with Gasteiger partial charge in [-0.1, -0.05) is 23.7 Å². The molecule has 0 heterocycles. The Morgan fingerprint density at radius 3 is 2.47 bits per heavy atom. The number of ether oxygens (including phenoxy) is 1. The molecule has 0 saturated heterocycles. The van der Waals surface area contributed by atoms with Gasteiger partial charge in [-0.2, -0.15) is 0 Å². The summed E-state index contributed by atoms with van der Waals surface area (Å²) in [5, 5.41) is 0.691. The quantitative estimate of drug-likeness (QED) is 0.579. The van der Waals surface area contributed by atoms with Crippen LogP contribution >= 0.6 is 11.6 Å². The van der Waals surface area contributed by atoms with Crippen molar-refractivity contribution in [1.82, 2.24) is 0 Å². The number of halogens is 1. The zero-order valence-electron chi connectivity index (χ0n) is 8.79. The largest absolute Gasteiger partial charge is 0.486 e. The van der Waals surface area contributed by atoms with Gasteiger partial charge in [-0.15, -0.1) is 0 Å². The summed E-state index contributed by atoms with van der Waals surface area (Å²) < 4.78 is 5.35. The summed E-state index contributed by atoms with van der Waals surface area (Å²) in [6, 6.07) is 7.33. The number of hydrogen-bond donors (Lipinski definition) is 0. The van der Waals surface area contributed by atoms with E-state index in [1.54, 1.807) is 25.1 Å². The topological polar surface area (TPSA) is 26.3 Å². The number of rotatable bonds is 4. The maximum atomic E-state index is 11.0. The predicted molar refractivity (Wildman–Crippen MR) is 60.7 cm³/mol. The molecule has 0 atom stereocenters. The molecule has 0 aromatic heterocycles. The maximum Gasteiger partial charge on any atom is 0.193 e. The van der Waals surface area contributed by atoms with Crippen molar-refractivity contribution in [3.63, 3.8) is 0 Å². The smallest absolute Gasteiger partial charge is 0.193 e. The van der Waals surface area contributed by atoms with E-state index in [1.165, 1.54) is 6.92 Å². The molecule has 0 unspecified atom stereocenters. The Kier molecular flexibility index (Phi) is 4.37. The molecule has 0 aliphatic rings. The molecule has 15 heavy (non-hydrogen) atoms. The Bertz CT molecular complexity index is 366. The van der Waals surface area contributed by atoms with Crippen LogP contribution in [0.25, 0.3) is 0 Å². The minimum Gasteiger partial charge on any atom is -0.486 e. The molecule has 0 spiro atoms. The van der Waals surface area contributed by atoms with Crippen molar-refractivity contribution in [1.29, 1.82) is 0 Å². The lowest BCUT2D eigenvalue weighted by Gasteiger charge is -2.07. The Hall–Kier alpha value is -1.28. The molecule has 1 rings (SSSR count). The van der Waals surface area contributed by atoms with E-state index in [0.717, 1.165) is 5.56 Å². The number of Topliss-reactive ketones (excluding diaryl/α,β-unsaturated/α-hetero) is 1. The Morgan fingerprint density at radius 2 is 2.00 bits per heavy atom. The summed E-state index contributed by atoms with van der Waals surface area (Å²) >= 11 is 5.75. The number of allylic oxidation sites excluding steroid dienone is 2. The number of carbonyl (C=O) groups excluding carboxylic acids is 1. The van der Waals surface area contributed by atoms with Crippen LogP contribution in [0.5, 0.6) is 0 Å². The first-order chi connectivity index (χ1) is 7.13. The van der Waals surface area contributed by atoms with Crippen molar-refractivity contribution in [2.45, 2.75) is 20.5 Å². The van der Waals surface area contributed by atoms with Gasteiger partial charge in [-0.05, 0) is 30.7 Å². The van der Waals surface area contributed by atoms with E-state index >= 15 is 0 Å². The van der Waals surface area contributed by atoms with Crippen molar-refractivity contribution < 1.29 is 9.53 Å². The van der Waals surface area contributed by atoms with E-state index in [2.05, 4.69) is 0 Å². The van der Waals surface area contributed by atoms with Gasteiger partial charge in [0.15, 0.2) is 11.5 Å². The molecule has 0 radical (unpaired) electrons. The van der Waals surface area contributed by atoms with Crippen LogP contribution in [0, 0.1) is 0 Å². The van der Waals surface area contributed by atoms with E-state index < -0.39 is 0 Å². The fraction of sp³-hybridized carbons (Fsp3) is 0.250. The van der Waals surface area contributed by atoms with E-state index in [9.17, 15) is 4.79 Å². The van der Waals surface area contributed by atoms with Crippen molar-refractivity contribution >= 4 is 17.4 Å². The normalized spacial score (nSPS) is 11.3. The van der Waals surface area contributed by atoms with Crippen LogP contribution in [0.1, 0.15) is 19.4 Å². The first-order valence-electron chi connectivity index (χ1n) is 4.68. The van der Waals surface area contributed by atoms with Crippen LogP contribution in [-0.4, -0.2) is 5.78 Å². The second-order valence-electron chi connectivity index (χ2n) is 3.12. The molecule has 0 fully saturated rings. The number of hydrogen-bond acceptors (Lipinski definition) is 2. The number of ketones is 1. The highest BCUT2D eigenvalue weighted by molar-refractivity contribution is 6.30. The lowest BCUT2D eigenvalue weighted by atomic mass is 10.2. The minimum absolute atomic E-state index is 0.0635. The molecule has 1 aromatic rings. The van der Waals surface area contributed by atoms with Crippen molar-refractivity contribution in [3.05, 3.63) is 46.7 Å². The average molecular weight is 225 g/mol. The van der Waals surface area contributed by atoms with Crippen LogP contribution in [0.4, 0.5) is 0 Å². The van der Waals surface area contributed by atoms with Gasteiger partial charge >= 0.3 is 0 Å². The Balaban J connectivity index is 2.57. The molecule has 0 bridgehead atoms. The standard InChI is InChI=1S/C12H13ClO2/c1-3-12(9(2)14)15-8-10-4-6-11(13)7-5-10/h3-7H,8H2,1-2H3/b12-3+. The molecule has 0 amide bonds. The zero-order valence-corrected chi connectivity index (χ0v) is 9.54. The second kappa shape index (κ2) is 5.56. The van der Waals surface area contributed by atoms with Gasteiger partial charge in [0, 0.05) is 11.9 Å². The highest BCUT2D eigenvalue weighted by atomic mass is 35.5. The van der Waals surface area contributed by atoms with Crippen molar-refractivity contribution in [2.75, 3.05) is 0 Å². The molecular formula is C12H13ClO2. The van der Waals surface area contributed by atoms with Crippen LogP contribution < -0.4 is 0 Å². The third-order valence-corrected chi connectivity index (χ3v) is 2.17. The average Bonchev–Trinajstić information content (AvgIpc) is 2.21. The van der Waals surface area contributed by atoms with Crippen LogP contribution in [-0.2, 0) is 16.1 Å². The van der Waals surface area contributed by atoms with Crippen LogP contribution in [0.3, 0.4) is 0 Å². The van der Waals surface area contributed by atoms with E-state index in [4.69, 9.17) is 16.3 Å². The number of carbonyl (C=O) groups is 1. The van der Waals surface area contributed by atoms with Crippen LogP contribution in [0.15, 0.2) is 36.1 Å². The van der Waals surface area contributed by atoms with Gasteiger partial charge < -0.3 is 4.74 Å². The van der Waals surface area contributed by atoms with Gasteiger partial charge in [0.1, 0.15) is 6.61 Å². The van der Waals surface area contributed by atoms with Crippen molar-refractivity contribution in [3.8, 4) is 0 Å². The summed E-state index contributed by atoms with van der Waals surface area (Å²) in [5.41, 5.74) is 0.986. The molecule has 80 valence electrons. The highest BCUT2D eigenvalue weighted by Crippen LogP contribution is 2.12. The molecule has 2 nitrogen and oxygen atoms in total. The van der Waals surface area contributed by atoms with E-state index in [1.807, 2.05) is 12.1 Å². The summed E-state index contributed by atoms with van der Waals surface area (Å²) in [6.45, 7) is 3.65. The molecule has 1 aromatic carbocycles. The van der Waals surface area contributed by atoms with Gasteiger partial charge in [0.05, 0.1) is 0 Å². The molecule has 0 aliphatic carbocycles. The predicted octanol–water partition coefficient (Wildman–Crippen LogP) is 3.35. The third-order valence-electron chi connectivity index (χ3n) is 1.92. The first kappa shape index (κ1) is 11.8. The van der Waals surface area contributed by atoms with Gasteiger partial charge in [0.2, 0.25) is 0 Å². The summed E-state index contributed by atoms with van der Waals surface area (Å²) in [4.78, 5) is 11.0. The molecule has 0 saturated carbocycles. The van der Waals surface area contributed by atoms with E-state index in [0.29, 0.717) is 17.4 Å². The lowest BCUT2D eigenvalue weighted by molar-refractivity contribution is -0.117. The SMILES string of the molecule is C/C=C(/OCc1ccc(Cl)cc1)C(C)=O. The highest BCUT2D eigenvalue weighted by Gasteiger charge is 2.03. The molecule has 0 aliphatic heterocycles. The fourth-order valence-electron chi connectivity index (χ4n) is 1.13. The first-order valence-corrected chi connectivity index (χ1v) is 5.05. The molecule has 3 heteroatoms. The van der Waals surface area contributed by atoms with Gasteiger partial charge in [-0.25, -0.2) is 0 Å². The number of benzene rings is 1. The van der Waals surface area contributed by atoms with Gasteiger partial charge in [0.25, 0.3) is 0 Å². The Morgan fingerprint density at radius 1 is 1.40 bits per heavy atom. The minimum atomic E-state index is -0.0635. The zero-order chi connectivity index (χ0) is 11.3. The third kappa shape index (κ3) is 3.76. The van der Waals surface area contributed by atoms with Crippen molar-refractivity contribution in [2.24, 2.45) is 0 Å². The fourth-order valence-corrected chi connectivity index (χ4v) is 1.26. The second-order valence-corrected chi connectivity index (χ2v) is 3.56.